The Hall–Kier alpha value is -2.95. The number of amides is 1. The molecule has 0 atom stereocenters. The van der Waals surface area contributed by atoms with E-state index in [0.29, 0.717) is 11.4 Å². The van der Waals surface area contributed by atoms with Crippen LogP contribution in [-0.4, -0.2) is 22.5 Å². The maximum atomic E-state index is 12.0. The van der Waals surface area contributed by atoms with E-state index in [2.05, 4.69) is 15.3 Å². The Bertz CT molecular complexity index is 818. The number of carbonyl (C=O) groups is 1. The Balaban J connectivity index is 1.64. The van der Waals surface area contributed by atoms with Crippen LogP contribution in [0.4, 0.5) is 5.69 Å². The van der Waals surface area contributed by atoms with Gasteiger partial charge in [0.1, 0.15) is 5.75 Å². The number of nitrogens with one attached hydrogen (secondary N) is 1. The molecule has 0 aliphatic heterocycles. The van der Waals surface area contributed by atoms with Gasteiger partial charge in [0.15, 0.2) is 6.61 Å². The quantitative estimate of drug-likeness (QED) is 0.803. The third-order valence-corrected chi connectivity index (χ3v) is 3.21. The normalized spacial score (nSPS) is 10.4. The number of ether oxygens (including phenoxy) is 1. The Morgan fingerprint density at radius 1 is 1.09 bits per heavy atom. The van der Waals surface area contributed by atoms with E-state index in [1.165, 1.54) is 0 Å². The molecule has 1 amide bonds. The van der Waals surface area contributed by atoms with Gasteiger partial charge in [0.05, 0.1) is 11.0 Å². The van der Waals surface area contributed by atoms with E-state index in [-0.39, 0.29) is 12.5 Å². The fraction of sp³-hybridized carbons (Fsp3) is 0.118. The summed E-state index contributed by atoms with van der Waals surface area (Å²) >= 11 is 0. The van der Waals surface area contributed by atoms with Gasteiger partial charge in [0.25, 0.3) is 5.91 Å². The number of rotatable bonds is 4. The van der Waals surface area contributed by atoms with Crippen molar-refractivity contribution in [3.63, 3.8) is 0 Å². The van der Waals surface area contributed by atoms with E-state index in [1.807, 2.05) is 37.3 Å². The maximum Gasteiger partial charge on any atom is 0.262 e. The van der Waals surface area contributed by atoms with E-state index in [4.69, 9.17) is 4.74 Å². The molecule has 110 valence electrons. The first-order valence-corrected chi connectivity index (χ1v) is 6.91. The van der Waals surface area contributed by atoms with Crippen LogP contribution in [0.3, 0.4) is 0 Å². The molecule has 0 unspecified atom stereocenters. The lowest BCUT2D eigenvalue weighted by atomic mass is 10.2. The van der Waals surface area contributed by atoms with Gasteiger partial charge in [-0.3, -0.25) is 14.8 Å². The molecular formula is C17H15N3O2. The molecule has 0 aliphatic rings. The summed E-state index contributed by atoms with van der Waals surface area (Å²) in [5.74, 6) is 0.494. The molecule has 3 rings (SSSR count). The molecule has 0 fully saturated rings. The lowest BCUT2D eigenvalue weighted by Crippen LogP contribution is -2.20. The minimum absolute atomic E-state index is 0.0383. The molecule has 22 heavy (non-hydrogen) atoms. The highest BCUT2D eigenvalue weighted by Gasteiger charge is 2.06. The lowest BCUT2D eigenvalue weighted by Gasteiger charge is -2.09. The summed E-state index contributed by atoms with van der Waals surface area (Å²) in [6.07, 6.45) is 3.26. The third kappa shape index (κ3) is 3.20. The average Bonchev–Trinajstić information content (AvgIpc) is 2.54. The van der Waals surface area contributed by atoms with E-state index in [9.17, 15) is 4.79 Å². The second kappa shape index (κ2) is 6.22. The Labute approximate surface area is 128 Å². The summed E-state index contributed by atoms with van der Waals surface area (Å²) in [4.78, 5) is 20.4. The van der Waals surface area contributed by atoms with Crippen molar-refractivity contribution < 1.29 is 9.53 Å². The first-order valence-electron chi connectivity index (χ1n) is 6.91. The molecule has 2 aromatic carbocycles. The van der Waals surface area contributed by atoms with Crippen LogP contribution in [-0.2, 0) is 4.79 Å². The van der Waals surface area contributed by atoms with Crippen molar-refractivity contribution in [1.82, 2.24) is 9.97 Å². The molecule has 1 aromatic heterocycles. The van der Waals surface area contributed by atoms with Crippen LogP contribution in [0.2, 0.25) is 0 Å². The number of anilines is 1. The van der Waals surface area contributed by atoms with Crippen LogP contribution in [0.5, 0.6) is 5.75 Å². The van der Waals surface area contributed by atoms with Gasteiger partial charge in [-0.1, -0.05) is 18.2 Å². The molecule has 0 spiro atoms. The van der Waals surface area contributed by atoms with Gasteiger partial charge in [-0.25, -0.2) is 0 Å². The third-order valence-electron chi connectivity index (χ3n) is 3.21. The van der Waals surface area contributed by atoms with Gasteiger partial charge >= 0.3 is 0 Å². The summed E-state index contributed by atoms with van der Waals surface area (Å²) in [6.45, 7) is 1.90. The highest BCUT2D eigenvalue weighted by Crippen LogP contribution is 2.17. The number of benzene rings is 2. The van der Waals surface area contributed by atoms with Gasteiger partial charge in [0, 0.05) is 18.1 Å². The summed E-state index contributed by atoms with van der Waals surface area (Å²) in [7, 11) is 0. The van der Waals surface area contributed by atoms with Crippen molar-refractivity contribution in [3.8, 4) is 5.75 Å². The maximum absolute atomic E-state index is 12.0. The first-order chi connectivity index (χ1) is 10.7. The van der Waals surface area contributed by atoms with Crippen molar-refractivity contribution >= 4 is 22.6 Å². The molecule has 0 saturated heterocycles. The number of aryl methyl sites for hydroxylation is 1. The molecule has 1 N–H and O–H groups in total. The standard InChI is InChI=1S/C17H15N3O2/c1-12-4-2-3-5-16(12)22-11-17(21)20-13-6-7-14-15(10-13)19-9-8-18-14/h2-10H,11H2,1H3,(H,20,21). The van der Waals surface area contributed by atoms with Crippen LogP contribution in [0, 0.1) is 6.92 Å². The molecule has 0 radical (unpaired) electrons. The monoisotopic (exact) mass is 293 g/mol. The Morgan fingerprint density at radius 2 is 1.86 bits per heavy atom. The number of aromatic nitrogens is 2. The average molecular weight is 293 g/mol. The fourth-order valence-corrected chi connectivity index (χ4v) is 2.10. The Morgan fingerprint density at radius 3 is 2.68 bits per heavy atom. The smallest absolute Gasteiger partial charge is 0.262 e. The van der Waals surface area contributed by atoms with Crippen molar-refractivity contribution in [2.24, 2.45) is 0 Å². The second-order valence-corrected chi connectivity index (χ2v) is 4.86. The zero-order chi connectivity index (χ0) is 15.4. The summed E-state index contributed by atoms with van der Waals surface area (Å²) < 4.78 is 5.52. The van der Waals surface area contributed by atoms with Crippen molar-refractivity contribution in [2.45, 2.75) is 6.92 Å². The zero-order valence-corrected chi connectivity index (χ0v) is 12.1. The molecule has 1 heterocycles. The predicted octanol–water partition coefficient (Wildman–Crippen LogP) is 2.96. The number of para-hydroxylation sites is 1. The van der Waals surface area contributed by atoms with Gasteiger partial charge in [-0.15, -0.1) is 0 Å². The molecule has 0 aliphatic carbocycles. The zero-order valence-electron chi connectivity index (χ0n) is 12.1. The highest BCUT2D eigenvalue weighted by molar-refractivity contribution is 5.93. The van der Waals surface area contributed by atoms with E-state index in [0.717, 1.165) is 16.6 Å². The number of nitrogens with zero attached hydrogens (tertiary/aromatic N) is 2. The van der Waals surface area contributed by atoms with Crippen molar-refractivity contribution in [1.29, 1.82) is 0 Å². The van der Waals surface area contributed by atoms with Crippen molar-refractivity contribution in [3.05, 3.63) is 60.4 Å². The van der Waals surface area contributed by atoms with Crippen LogP contribution >= 0.6 is 0 Å². The lowest BCUT2D eigenvalue weighted by molar-refractivity contribution is -0.118. The molecule has 5 heteroatoms. The molecule has 3 aromatic rings. The first kappa shape index (κ1) is 14.0. The van der Waals surface area contributed by atoms with Crippen LogP contribution < -0.4 is 10.1 Å². The molecule has 0 bridgehead atoms. The molecule has 5 nitrogen and oxygen atoms in total. The predicted molar refractivity (Wildman–Crippen MR) is 84.8 cm³/mol. The number of hydrogen-bond acceptors (Lipinski definition) is 4. The van der Waals surface area contributed by atoms with Gasteiger partial charge in [-0.2, -0.15) is 0 Å². The summed E-state index contributed by atoms with van der Waals surface area (Å²) in [5, 5.41) is 2.79. The SMILES string of the molecule is Cc1ccccc1OCC(=O)Nc1ccc2nccnc2c1. The van der Waals surface area contributed by atoms with Gasteiger partial charge < -0.3 is 10.1 Å². The topological polar surface area (TPSA) is 64.1 Å². The van der Waals surface area contributed by atoms with E-state index < -0.39 is 0 Å². The minimum Gasteiger partial charge on any atom is -0.483 e. The van der Waals surface area contributed by atoms with E-state index in [1.54, 1.807) is 24.5 Å². The largest absolute Gasteiger partial charge is 0.483 e. The minimum atomic E-state index is -0.216. The van der Waals surface area contributed by atoms with Crippen molar-refractivity contribution in [2.75, 3.05) is 11.9 Å². The second-order valence-electron chi connectivity index (χ2n) is 4.86. The molecular weight excluding hydrogens is 278 g/mol. The highest BCUT2D eigenvalue weighted by atomic mass is 16.5. The van der Waals surface area contributed by atoms with E-state index >= 15 is 0 Å². The Kier molecular flexibility index (Phi) is 3.96. The van der Waals surface area contributed by atoms with Gasteiger partial charge in [-0.05, 0) is 36.8 Å². The summed E-state index contributed by atoms with van der Waals surface area (Å²) in [5.41, 5.74) is 3.19. The van der Waals surface area contributed by atoms with Gasteiger partial charge in [0.2, 0.25) is 0 Å². The molecule has 0 saturated carbocycles. The van der Waals surface area contributed by atoms with Crippen LogP contribution in [0.15, 0.2) is 54.9 Å². The van der Waals surface area contributed by atoms with Crippen LogP contribution in [0.25, 0.3) is 11.0 Å². The number of hydrogen-bond donors (Lipinski definition) is 1. The number of carbonyl (C=O) groups excluding carboxylic acids is 1. The summed E-state index contributed by atoms with van der Waals surface area (Å²) in [6, 6.07) is 13.0. The number of fused-ring (bicyclic) bond motifs is 1. The fourth-order valence-electron chi connectivity index (χ4n) is 2.10. The van der Waals surface area contributed by atoms with Crippen LogP contribution in [0.1, 0.15) is 5.56 Å².